The van der Waals surface area contributed by atoms with E-state index < -0.39 is 0 Å². The first kappa shape index (κ1) is 9.73. The summed E-state index contributed by atoms with van der Waals surface area (Å²) in [4.78, 5) is 14.4. The van der Waals surface area contributed by atoms with E-state index in [0.717, 1.165) is 16.6 Å². The summed E-state index contributed by atoms with van der Waals surface area (Å²) in [6.45, 7) is 0.461. The molecule has 78 valence electrons. The van der Waals surface area contributed by atoms with Gasteiger partial charge >= 0.3 is 5.97 Å². The molecule has 0 aliphatic carbocycles. The van der Waals surface area contributed by atoms with Crippen LogP contribution in [0.2, 0.25) is 0 Å². The molecule has 0 aliphatic heterocycles. The van der Waals surface area contributed by atoms with E-state index in [2.05, 4.69) is 9.72 Å². The molecule has 0 aliphatic rings. The van der Waals surface area contributed by atoms with Crippen LogP contribution in [-0.2, 0) is 11.3 Å². The summed E-state index contributed by atoms with van der Waals surface area (Å²) in [5, 5.41) is 1.04. The number of aromatic nitrogens is 1. The van der Waals surface area contributed by atoms with Crippen molar-refractivity contribution in [3.05, 3.63) is 35.5 Å². The lowest BCUT2D eigenvalue weighted by Gasteiger charge is -1.98. The second-order valence-corrected chi connectivity index (χ2v) is 3.29. The molecule has 2 aromatic rings. The van der Waals surface area contributed by atoms with E-state index in [1.165, 1.54) is 7.11 Å². The van der Waals surface area contributed by atoms with Crippen molar-refractivity contribution in [2.45, 2.75) is 6.54 Å². The Morgan fingerprint density at radius 3 is 2.93 bits per heavy atom. The number of rotatable bonds is 2. The van der Waals surface area contributed by atoms with Gasteiger partial charge in [0.05, 0.1) is 12.7 Å². The molecule has 1 aromatic carbocycles. The van der Waals surface area contributed by atoms with E-state index in [4.69, 9.17) is 5.73 Å². The Balaban J connectivity index is 2.50. The number of hydrogen-bond acceptors (Lipinski definition) is 3. The number of H-pyrrole nitrogens is 1. The zero-order valence-electron chi connectivity index (χ0n) is 8.41. The predicted octanol–water partition coefficient (Wildman–Crippen LogP) is 1.41. The molecule has 0 saturated carbocycles. The fourth-order valence-corrected chi connectivity index (χ4v) is 1.54. The van der Waals surface area contributed by atoms with E-state index in [0.29, 0.717) is 12.1 Å². The van der Waals surface area contributed by atoms with Gasteiger partial charge in [0.2, 0.25) is 0 Å². The SMILES string of the molecule is COC(=O)c1ccc2cc(CN)[nH]c2c1. The van der Waals surface area contributed by atoms with Gasteiger partial charge in [0.25, 0.3) is 0 Å². The van der Waals surface area contributed by atoms with Gasteiger partial charge in [0, 0.05) is 17.8 Å². The van der Waals surface area contributed by atoms with Gasteiger partial charge in [-0.3, -0.25) is 0 Å². The smallest absolute Gasteiger partial charge is 0.337 e. The van der Waals surface area contributed by atoms with Crippen LogP contribution < -0.4 is 5.73 Å². The van der Waals surface area contributed by atoms with Gasteiger partial charge in [0.1, 0.15) is 0 Å². The number of esters is 1. The molecule has 15 heavy (non-hydrogen) atoms. The number of aromatic amines is 1. The zero-order valence-corrected chi connectivity index (χ0v) is 8.41. The van der Waals surface area contributed by atoms with E-state index >= 15 is 0 Å². The average molecular weight is 204 g/mol. The van der Waals surface area contributed by atoms with Crippen LogP contribution in [0.3, 0.4) is 0 Å². The van der Waals surface area contributed by atoms with Crippen LogP contribution in [0.25, 0.3) is 10.9 Å². The van der Waals surface area contributed by atoms with Crippen molar-refractivity contribution in [2.24, 2.45) is 5.73 Å². The standard InChI is InChI=1S/C11H12N2O2/c1-15-11(14)8-3-2-7-4-9(6-12)13-10(7)5-8/h2-5,13H,6,12H2,1H3. The minimum Gasteiger partial charge on any atom is -0.465 e. The van der Waals surface area contributed by atoms with Crippen LogP contribution in [0.1, 0.15) is 16.1 Å². The van der Waals surface area contributed by atoms with Gasteiger partial charge in [-0.2, -0.15) is 0 Å². The van der Waals surface area contributed by atoms with Gasteiger partial charge in [0.15, 0.2) is 0 Å². The summed E-state index contributed by atoms with van der Waals surface area (Å²) in [6.07, 6.45) is 0. The molecule has 0 amide bonds. The third-order valence-corrected chi connectivity index (χ3v) is 2.32. The first-order valence-corrected chi connectivity index (χ1v) is 4.64. The zero-order chi connectivity index (χ0) is 10.8. The highest BCUT2D eigenvalue weighted by Gasteiger charge is 2.07. The number of carbonyl (C=O) groups excluding carboxylic acids is 1. The minimum atomic E-state index is -0.333. The molecule has 0 fully saturated rings. The summed E-state index contributed by atoms with van der Waals surface area (Å²) < 4.78 is 4.64. The molecule has 0 atom stereocenters. The first-order chi connectivity index (χ1) is 7.24. The van der Waals surface area contributed by atoms with Crippen LogP contribution in [-0.4, -0.2) is 18.1 Å². The van der Waals surface area contributed by atoms with Gasteiger partial charge in [-0.1, -0.05) is 6.07 Å². The Hall–Kier alpha value is -1.81. The summed E-state index contributed by atoms with van der Waals surface area (Å²) >= 11 is 0. The Morgan fingerprint density at radius 1 is 1.47 bits per heavy atom. The van der Waals surface area contributed by atoms with Crippen molar-refractivity contribution in [3.8, 4) is 0 Å². The Labute approximate surface area is 87.0 Å². The molecule has 0 saturated heterocycles. The Kier molecular flexibility index (Phi) is 2.43. The summed E-state index contributed by atoms with van der Waals surface area (Å²) in [5.41, 5.74) is 7.90. The third kappa shape index (κ3) is 1.71. The van der Waals surface area contributed by atoms with E-state index in [1.807, 2.05) is 12.1 Å². The molecular formula is C11H12N2O2. The van der Waals surface area contributed by atoms with Crippen molar-refractivity contribution < 1.29 is 9.53 Å². The van der Waals surface area contributed by atoms with Crippen LogP contribution in [0.15, 0.2) is 24.3 Å². The van der Waals surface area contributed by atoms with Gasteiger partial charge in [-0.05, 0) is 23.6 Å². The number of nitrogens with one attached hydrogen (secondary N) is 1. The number of benzene rings is 1. The van der Waals surface area contributed by atoms with Crippen LogP contribution in [0, 0.1) is 0 Å². The fourth-order valence-electron chi connectivity index (χ4n) is 1.54. The minimum absolute atomic E-state index is 0.333. The molecule has 1 aromatic heterocycles. The maximum absolute atomic E-state index is 11.3. The van der Waals surface area contributed by atoms with Gasteiger partial charge in [-0.15, -0.1) is 0 Å². The van der Waals surface area contributed by atoms with Crippen molar-refractivity contribution in [3.63, 3.8) is 0 Å². The van der Waals surface area contributed by atoms with E-state index in [9.17, 15) is 4.79 Å². The van der Waals surface area contributed by atoms with Crippen molar-refractivity contribution in [1.29, 1.82) is 0 Å². The number of ether oxygens (including phenoxy) is 1. The second kappa shape index (κ2) is 3.74. The fraction of sp³-hybridized carbons (Fsp3) is 0.182. The lowest BCUT2D eigenvalue weighted by atomic mass is 10.1. The molecule has 2 rings (SSSR count). The van der Waals surface area contributed by atoms with Crippen LogP contribution in [0.4, 0.5) is 0 Å². The van der Waals surface area contributed by atoms with Crippen molar-refractivity contribution in [2.75, 3.05) is 7.11 Å². The van der Waals surface area contributed by atoms with Crippen molar-refractivity contribution >= 4 is 16.9 Å². The Morgan fingerprint density at radius 2 is 2.27 bits per heavy atom. The molecule has 4 nitrogen and oxygen atoms in total. The predicted molar refractivity (Wildman–Crippen MR) is 57.5 cm³/mol. The number of fused-ring (bicyclic) bond motifs is 1. The number of methoxy groups -OCH3 is 1. The molecule has 0 unspecified atom stereocenters. The van der Waals surface area contributed by atoms with Gasteiger partial charge < -0.3 is 15.5 Å². The highest BCUT2D eigenvalue weighted by molar-refractivity contribution is 5.94. The monoisotopic (exact) mass is 204 g/mol. The van der Waals surface area contributed by atoms with Gasteiger partial charge in [-0.25, -0.2) is 4.79 Å². The summed E-state index contributed by atoms with van der Waals surface area (Å²) in [7, 11) is 1.37. The molecule has 0 bridgehead atoms. The highest BCUT2D eigenvalue weighted by Crippen LogP contribution is 2.17. The highest BCUT2D eigenvalue weighted by atomic mass is 16.5. The quantitative estimate of drug-likeness (QED) is 0.727. The average Bonchev–Trinajstić information content (AvgIpc) is 2.69. The molecule has 1 heterocycles. The first-order valence-electron chi connectivity index (χ1n) is 4.64. The number of nitrogens with two attached hydrogens (primary N) is 1. The number of carbonyl (C=O) groups is 1. The van der Waals surface area contributed by atoms with E-state index in [1.54, 1.807) is 12.1 Å². The third-order valence-electron chi connectivity index (χ3n) is 2.32. The molecule has 4 heteroatoms. The van der Waals surface area contributed by atoms with E-state index in [-0.39, 0.29) is 5.97 Å². The molecule has 0 spiro atoms. The molecular weight excluding hydrogens is 192 g/mol. The number of hydrogen-bond donors (Lipinski definition) is 2. The van der Waals surface area contributed by atoms with Crippen molar-refractivity contribution in [1.82, 2.24) is 4.98 Å². The summed E-state index contributed by atoms with van der Waals surface area (Å²) in [5.74, 6) is -0.333. The molecule has 3 N–H and O–H groups in total. The lowest BCUT2D eigenvalue weighted by Crippen LogP contribution is -2.00. The molecule has 0 radical (unpaired) electrons. The maximum Gasteiger partial charge on any atom is 0.337 e. The van der Waals surface area contributed by atoms with Crippen LogP contribution in [0.5, 0.6) is 0 Å². The normalized spacial score (nSPS) is 10.5. The Bertz CT molecular complexity index is 502. The summed E-state index contributed by atoms with van der Waals surface area (Å²) in [6, 6.07) is 7.34. The largest absolute Gasteiger partial charge is 0.465 e. The van der Waals surface area contributed by atoms with Crippen LogP contribution >= 0.6 is 0 Å². The maximum atomic E-state index is 11.3. The lowest BCUT2D eigenvalue weighted by molar-refractivity contribution is 0.0601. The topological polar surface area (TPSA) is 68.1 Å². The second-order valence-electron chi connectivity index (χ2n) is 3.29.